The molecule has 0 aliphatic carbocycles. The van der Waals surface area contributed by atoms with Crippen molar-refractivity contribution in [3.63, 3.8) is 0 Å². The lowest BCUT2D eigenvalue weighted by Crippen LogP contribution is -2.32. The van der Waals surface area contributed by atoms with Crippen molar-refractivity contribution in [2.24, 2.45) is 0 Å². The first-order chi connectivity index (χ1) is 13.6. The highest BCUT2D eigenvalue weighted by atomic mass is 16.5. The zero-order valence-corrected chi connectivity index (χ0v) is 15.9. The Bertz CT molecular complexity index is 849. The monoisotopic (exact) mass is 385 g/mol. The summed E-state index contributed by atoms with van der Waals surface area (Å²) in [4.78, 5) is 29.0. The Morgan fingerprint density at radius 3 is 2.61 bits per heavy atom. The molecule has 1 aromatic heterocycles. The fraction of sp³-hybridized carbons (Fsp3) is 0.350. The van der Waals surface area contributed by atoms with E-state index in [-0.39, 0.29) is 17.6 Å². The van der Waals surface area contributed by atoms with Crippen molar-refractivity contribution in [2.75, 3.05) is 32.7 Å². The van der Waals surface area contributed by atoms with E-state index in [1.54, 1.807) is 18.2 Å². The fourth-order valence-electron chi connectivity index (χ4n) is 2.91. The highest BCUT2D eigenvalue weighted by Crippen LogP contribution is 2.29. The number of amides is 2. The third-order valence-electron chi connectivity index (χ3n) is 4.43. The van der Waals surface area contributed by atoms with Crippen LogP contribution in [0.15, 0.2) is 36.7 Å². The van der Waals surface area contributed by atoms with E-state index in [0.717, 1.165) is 19.4 Å². The third-order valence-corrected chi connectivity index (χ3v) is 4.43. The summed E-state index contributed by atoms with van der Waals surface area (Å²) in [6.45, 7) is 1.17. The number of ether oxygens (including phenoxy) is 3. The predicted molar refractivity (Wildman–Crippen MR) is 103 cm³/mol. The molecular formula is C20H23N3O5. The molecule has 28 heavy (non-hydrogen) atoms. The standard InChI is InChI=1S/C20H23N3O5/c1-26-15-5-6-18(27-2)17(9-15)23-20(25)14-8-13(10-21-11-14)19(24)22-12-16-4-3-7-28-16/h5-6,8-11,16H,3-4,7,12H2,1-2H3,(H,22,24)(H,23,25). The largest absolute Gasteiger partial charge is 0.497 e. The SMILES string of the molecule is COc1ccc(OC)c(NC(=O)c2cncc(C(=O)NCC3CCCO3)c2)c1. The van der Waals surface area contributed by atoms with E-state index in [1.165, 1.54) is 32.7 Å². The average Bonchev–Trinajstić information content (AvgIpc) is 3.25. The van der Waals surface area contributed by atoms with Crippen molar-refractivity contribution >= 4 is 17.5 Å². The lowest BCUT2D eigenvalue weighted by molar-refractivity contribution is 0.0857. The van der Waals surface area contributed by atoms with Gasteiger partial charge in [-0.3, -0.25) is 14.6 Å². The van der Waals surface area contributed by atoms with Crippen LogP contribution >= 0.6 is 0 Å². The van der Waals surface area contributed by atoms with Gasteiger partial charge in [0.05, 0.1) is 37.1 Å². The maximum Gasteiger partial charge on any atom is 0.257 e. The molecule has 1 atom stereocenters. The van der Waals surface area contributed by atoms with Gasteiger partial charge in [-0.1, -0.05) is 0 Å². The minimum absolute atomic E-state index is 0.0453. The molecule has 2 aromatic rings. The van der Waals surface area contributed by atoms with E-state index in [9.17, 15) is 9.59 Å². The molecule has 0 radical (unpaired) electrons. The summed E-state index contributed by atoms with van der Waals surface area (Å²) in [6, 6.07) is 6.58. The minimum atomic E-state index is -0.409. The molecule has 2 N–H and O–H groups in total. The summed E-state index contributed by atoms with van der Waals surface area (Å²) < 4.78 is 15.9. The number of nitrogens with one attached hydrogen (secondary N) is 2. The second-order valence-electron chi connectivity index (χ2n) is 6.33. The van der Waals surface area contributed by atoms with Crippen LogP contribution in [0.1, 0.15) is 33.6 Å². The summed E-state index contributed by atoms with van der Waals surface area (Å²) in [6.07, 6.45) is 4.81. The van der Waals surface area contributed by atoms with Crippen LogP contribution in [-0.2, 0) is 4.74 Å². The summed E-state index contributed by atoms with van der Waals surface area (Å²) in [7, 11) is 3.05. The molecule has 1 aliphatic rings. The quantitative estimate of drug-likeness (QED) is 0.759. The van der Waals surface area contributed by atoms with Crippen molar-refractivity contribution in [3.05, 3.63) is 47.8 Å². The lowest BCUT2D eigenvalue weighted by atomic mass is 10.1. The molecule has 8 heteroatoms. The Morgan fingerprint density at radius 2 is 1.93 bits per heavy atom. The molecule has 148 valence electrons. The summed E-state index contributed by atoms with van der Waals surface area (Å²) >= 11 is 0. The molecule has 1 aromatic carbocycles. The maximum atomic E-state index is 12.6. The minimum Gasteiger partial charge on any atom is -0.497 e. The first-order valence-electron chi connectivity index (χ1n) is 8.99. The van der Waals surface area contributed by atoms with Gasteiger partial charge in [-0.25, -0.2) is 0 Å². The number of carbonyl (C=O) groups excluding carboxylic acids is 2. The molecule has 0 saturated carbocycles. The molecular weight excluding hydrogens is 362 g/mol. The predicted octanol–water partition coefficient (Wildman–Crippen LogP) is 2.26. The average molecular weight is 385 g/mol. The van der Waals surface area contributed by atoms with Crippen LogP contribution in [0.3, 0.4) is 0 Å². The second-order valence-corrected chi connectivity index (χ2v) is 6.33. The van der Waals surface area contributed by atoms with Crippen LogP contribution in [0, 0.1) is 0 Å². The Hall–Kier alpha value is -3.13. The van der Waals surface area contributed by atoms with E-state index in [0.29, 0.717) is 29.3 Å². The van der Waals surface area contributed by atoms with Gasteiger partial charge < -0.3 is 24.8 Å². The van der Waals surface area contributed by atoms with Gasteiger partial charge in [0.1, 0.15) is 11.5 Å². The summed E-state index contributed by atoms with van der Waals surface area (Å²) in [5, 5.41) is 5.58. The number of hydrogen-bond acceptors (Lipinski definition) is 6. The zero-order valence-electron chi connectivity index (χ0n) is 15.9. The molecule has 1 aliphatic heterocycles. The van der Waals surface area contributed by atoms with Gasteiger partial charge in [-0.05, 0) is 31.0 Å². The highest BCUT2D eigenvalue weighted by molar-refractivity contribution is 6.06. The Balaban J connectivity index is 1.69. The second kappa shape index (κ2) is 9.18. The Labute approximate surface area is 163 Å². The van der Waals surface area contributed by atoms with Gasteiger partial charge in [-0.15, -0.1) is 0 Å². The van der Waals surface area contributed by atoms with Gasteiger partial charge in [-0.2, -0.15) is 0 Å². The number of aromatic nitrogens is 1. The van der Waals surface area contributed by atoms with E-state index in [1.807, 2.05) is 0 Å². The topological polar surface area (TPSA) is 98.8 Å². The van der Waals surface area contributed by atoms with Crippen LogP contribution in [-0.4, -0.2) is 50.3 Å². The van der Waals surface area contributed by atoms with Gasteiger partial charge in [0, 0.05) is 31.6 Å². The summed E-state index contributed by atoms with van der Waals surface area (Å²) in [5.74, 6) is 0.369. The number of carbonyl (C=O) groups is 2. The zero-order chi connectivity index (χ0) is 19.9. The van der Waals surface area contributed by atoms with Crippen molar-refractivity contribution in [1.82, 2.24) is 10.3 Å². The van der Waals surface area contributed by atoms with Crippen LogP contribution in [0.5, 0.6) is 11.5 Å². The first kappa shape index (κ1) is 19.6. The maximum absolute atomic E-state index is 12.6. The third kappa shape index (κ3) is 4.77. The van der Waals surface area contributed by atoms with Crippen molar-refractivity contribution in [2.45, 2.75) is 18.9 Å². The van der Waals surface area contributed by atoms with Gasteiger partial charge in [0.2, 0.25) is 0 Å². The van der Waals surface area contributed by atoms with Crippen molar-refractivity contribution in [3.8, 4) is 11.5 Å². The normalized spacial score (nSPS) is 15.7. The number of benzene rings is 1. The van der Waals surface area contributed by atoms with Crippen LogP contribution in [0.4, 0.5) is 5.69 Å². The summed E-state index contributed by atoms with van der Waals surface area (Å²) in [5.41, 5.74) is 1.03. The Kier molecular flexibility index (Phi) is 6.44. The van der Waals surface area contributed by atoms with E-state index in [2.05, 4.69) is 15.6 Å². The van der Waals surface area contributed by atoms with Crippen molar-refractivity contribution in [1.29, 1.82) is 0 Å². The van der Waals surface area contributed by atoms with E-state index in [4.69, 9.17) is 14.2 Å². The van der Waals surface area contributed by atoms with Gasteiger partial charge in [0.15, 0.2) is 0 Å². The van der Waals surface area contributed by atoms with Gasteiger partial charge in [0.25, 0.3) is 11.8 Å². The molecule has 0 spiro atoms. The Morgan fingerprint density at radius 1 is 1.14 bits per heavy atom. The fourth-order valence-corrected chi connectivity index (χ4v) is 2.91. The highest BCUT2D eigenvalue weighted by Gasteiger charge is 2.18. The van der Waals surface area contributed by atoms with E-state index >= 15 is 0 Å². The molecule has 8 nitrogen and oxygen atoms in total. The molecule has 2 amide bonds. The number of rotatable bonds is 7. The van der Waals surface area contributed by atoms with Gasteiger partial charge >= 0.3 is 0 Å². The van der Waals surface area contributed by atoms with E-state index < -0.39 is 5.91 Å². The first-order valence-corrected chi connectivity index (χ1v) is 8.99. The number of anilines is 1. The van der Waals surface area contributed by atoms with Crippen molar-refractivity contribution < 1.29 is 23.8 Å². The molecule has 3 rings (SSSR count). The smallest absolute Gasteiger partial charge is 0.257 e. The number of hydrogen-bond donors (Lipinski definition) is 2. The van der Waals surface area contributed by atoms with Crippen LogP contribution < -0.4 is 20.1 Å². The van der Waals surface area contributed by atoms with Crippen LogP contribution in [0.2, 0.25) is 0 Å². The molecule has 1 unspecified atom stereocenters. The molecule has 1 fully saturated rings. The van der Waals surface area contributed by atoms with Crippen LogP contribution in [0.25, 0.3) is 0 Å². The number of pyridine rings is 1. The molecule has 2 heterocycles. The molecule has 0 bridgehead atoms. The number of nitrogens with zero attached hydrogens (tertiary/aromatic N) is 1. The molecule has 1 saturated heterocycles. The number of methoxy groups -OCH3 is 2. The lowest BCUT2D eigenvalue weighted by Gasteiger charge is -2.13.